The van der Waals surface area contributed by atoms with Crippen molar-refractivity contribution < 1.29 is 9.53 Å². The Kier molecular flexibility index (Phi) is 7.11. The van der Waals surface area contributed by atoms with Gasteiger partial charge < -0.3 is 15.8 Å². The summed E-state index contributed by atoms with van der Waals surface area (Å²) in [6, 6.07) is 6.30. The first kappa shape index (κ1) is 21.1. The van der Waals surface area contributed by atoms with Gasteiger partial charge in [-0.05, 0) is 64.2 Å². The van der Waals surface area contributed by atoms with E-state index in [1.54, 1.807) is 4.90 Å². The van der Waals surface area contributed by atoms with Gasteiger partial charge in [-0.1, -0.05) is 25.5 Å². The van der Waals surface area contributed by atoms with Crippen molar-refractivity contribution in [3.8, 4) is 0 Å². The molecule has 0 heterocycles. The number of nitrogens with zero attached hydrogens (tertiary/aromatic N) is 2. The van der Waals surface area contributed by atoms with E-state index in [0.717, 1.165) is 49.0 Å². The van der Waals surface area contributed by atoms with E-state index in [1.165, 1.54) is 0 Å². The Hall–Kier alpha value is -2.24. The van der Waals surface area contributed by atoms with Crippen molar-refractivity contribution in [3.63, 3.8) is 0 Å². The Morgan fingerprint density at radius 2 is 2.07 bits per heavy atom. The van der Waals surface area contributed by atoms with E-state index >= 15 is 0 Å². The predicted octanol–water partition coefficient (Wildman–Crippen LogP) is 4.10. The Morgan fingerprint density at radius 1 is 1.37 bits per heavy atom. The van der Waals surface area contributed by atoms with E-state index in [1.807, 2.05) is 39.8 Å². The van der Waals surface area contributed by atoms with Crippen LogP contribution in [0.5, 0.6) is 0 Å². The molecule has 1 aromatic rings. The molecular formula is C21H34N4O2. The highest BCUT2D eigenvalue weighted by Gasteiger charge is 2.37. The monoisotopic (exact) mass is 374 g/mol. The fraction of sp³-hybridized carbons (Fsp3) is 0.619. The molecule has 0 aromatic heterocycles. The molecule has 6 heteroatoms. The predicted molar refractivity (Wildman–Crippen MR) is 111 cm³/mol. The highest BCUT2D eigenvalue weighted by molar-refractivity contribution is 5.90. The SMILES string of the molecule is CCCCNC(N)=NCc1ccc(N(C(=O)OC(C)(C)C)C2CC2)c(C)c1. The fourth-order valence-corrected chi connectivity index (χ4v) is 2.80. The molecule has 1 aromatic carbocycles. The molecule has 0 saturated heterocycles. The number of guanidine groups is 1. The highest BCUT2D eigenvalue weighted by atomic mass is 16.6. The van der Waals surface area contributed by atoms with Crippen LogP contribution in [0.4, 0.5) is 10.5 Å². The normalized spacial score (nSPS) is 14.8. The van der Waals surface area contributed by atoms with E-state index in [2.05, 4.69) is 23.3 Å². The number of rotatable bonds is 7. The van der Waals surface area contributed by atoms with Crippen LogP contribution in [0.2, 0.25) is 0 Å². The number of hydrogen-bond donors (Lipinski definition) is 2. The summed E-state index contributed by atoms with van der Waals surface area (Å²) in [6.07, 6.45) is 3.96. The molecule has 0 unspecified atom stereocenters. The molecule has 150 valence electrons. The zero-order valence-corrected chi connectivity index (χ0v) is 17.3. The largest absolute Gasteiger partial charge is 0.443 e. The van der Waals surface area contributed by atoms with Crippen LogP contribution >= 0.6 is 0 Å². The number of carbonyl (C=O) groups excluding carboxylic acids is 1. The van der Waals surface area contributed by atoms with Gasteiger partial charge >= 0.3 is 6.09 Å². The average molecular weight is 375 g/mol. The highest BCUT2D eigenvalue weighted by Crippen LogP contribution is 2.35. The molecule has 0 radical (unpaired) electrons. The molecule has 1 aliphatic carbocycles. The van der Waals surface area contributed by atoms with Crippen LogP contribution in [0.15, 0.2) is 23.2 Å². The number of ether oxygens (including phenoxy) is 1. The second-order valence-corrected chi connectivity index (χ2v) is 8.18. The first-order valence-electron chi connectivity index (χ1n) is 9.87. The van der Waals surface area contributed by atoms with Crippen LogP contribution in [0, 0.1) is 6.92 Å². The van der Waals surface area contributed by atoms with Gasteiger partial charge in [0.15, 0.2) is 5.96 Å². The number of unbranched alkanes of at least 4 members (excludes halogenated alkanes) is 1. The number of aliphatic imine (C=N–C) groups is 1. The zero-order valence-electron chi connectivity index (χ0n) is 17.3. The molecule has 0 atom stereocenters. The van der Waals surface area contributed by atoms with Gasteiger partial charge in [0.05, 0.1) is 12.2 Å². The van der Waals surface area contributed by atoms with Crippen molar-refractivity contribution in [3.05, 3.63) is 29.3 Å². The van der Waals surface area contributed by atoms with Gasteiger partial charge in [0.25, 0.3) is 0 Å². The van der Waals surface area contributed by atoms with Crippen LogP contribution in [-0.2, 0) is 11.3 Å². The van der Waals surface area contributed by atoms with E-state index in [-0.39, 0.29) is 12.1 Å². The second kappa shape index (κ2) is 9.11. The van der Waals surface area contributed by atoms with Gasteiger partial charge in [-0.15, -0.1) is 0 Å². The van der Waals surface area contributed by atoms with Gasteiger partial charge in [-0.2, -0.15) is 0 Å². The first-order chi connectivity index (χ1) is 12.7. The third-order valence-corrected chi connectivity index (χ3v) is 4.29. The summed E-state index contributed by atoms with van der Waals surface area (Å²) in [4.78, 5) is 18.9. The molecule has 1 fully saturated rings. The van der Waals surface area contributed by atoms with E-state index in [0.29, 0.717) is 12.5 Å². The smallest absolute Gasteiger partial charge is 0.415 e. The molecule has 1 amide bonds. The molecular weight excluding hydrogens is 340 g/mol. The summed E-state index contributed by atoms with van der Waals surface area (Å²) in [7, 11) is 0. The number of anilines is 1. The minimum atomic E-state index is -0.505. The summed E-state index contributed by atoms with van der Waals surface area (Å²) in [5.41, 5.74) is 8.41. The van der Waals surface area contributed by atoms with Crippen LogP contribution in [-0.4, -0.2) is 30.2 Å². The Morgan fingerprint density at radius 3 is 2.63 bits per heavy atom. The summed E-state index contributed by atoms with van der Waals surface area (Å²) in [5, 5.41) is 3.12. The van der Waals surface area contributed by atoms with Crippen LogP contribution in [0.3, 0.4) is 0 Å². The van der Waals surface area contributed by atoms with Gasteiger partial charge in [-0.3, -0.25) is 4.90 Å². The maximum atomic E-state index is 12.7. The third kappa shape index (κ3) is 6.77. The topological polar surface area (TPSA) is 80.0 Å². The van der Waals surface area contributed by atoms with E-state index < -0.39 is 5.60 Å². The molecule has 0 spiro atoms. The van der Waals surface area contributed by atoms with Crippen LogP contribution in [0.1, 0.15) is 64.5 Å². The van der Waals surface area contributed by atoms with Crippen molar-refractivity contribution in [2.24, 2.45) is 10.7 Å². The van der Waals surface area contributed by atoms with Crippen molar-refractivity contribution in [2.45, 2.75) is 78.5 Å². The Bertz CT molecular complexity index is 675. The maximum Gasteiger partial charge on any atom is 0.415 e. The molecule has 1 aliphatic rings. The number of nitrogens with two attached hydrogens (primary N) is 1. The molecule has 1 saturated carbocycles. The summed E-state index contributed by atoms with van der Waals surface area (Å²) >= 11 is 0. The van der Waals surface area contributed by atoms with Crippen LogP contribution < -0.4 is 16.0 Å². The van der Waals surface area contributed by atoms with Gasteiger partial charge in [0, 0.05) is 12.6 Å². The number of carbonyl (C=O) groups is 1. The molecule has 3 N–H and O–H groups in total. The molecule has 0 aliphatic heterocycles. The first-order valence-corrected chi connectivity index (χ1v) is 9.87. The maximum absolute atomic E-state index is 12.7. The molecule has 0 bridgehead atoms. The molecule has 6 nitrogen and oxygen atoms in total. The minimum Gasteiger partial charge on any atom is -0.443 e. The van der Waals surface area contributed by atoms with E-state index in [9.17, 15) is 4.79 Å². The van der Waals surface area contributed by atoms with Crippen LogP contribution in [0.25, 0.3) is 0 Å². The fourth-order valence-electron chi connectivity index (χ4n) is 2.80. The Labute approximate surface area is 163 Å². The number of amides is 1. The lowest BCUT2D eigenvalue weighted by Gasteiger charge is -2.28. The minimum absolute atomic E-state index is 0.237. The van der Waals surface area contributed by atoms with Gasteiger partial charge in [0.1, 0.15) is 5.60 Å². The lowest BCUT2D eigenvalue weighted by Crippen LogP contribution is -2.38. The second-order valence-electron chi connectivity index (χ2n) is 8.18. The lowest BCUT2D eigenvalue weighted by atomic mass is 10.1. The number of aryl methyl sites for hydroxylation is 1. The van der Waals surface area contributed by atoms with Crippen molar-refractivity contribution in [2.75, 3.05) is 11.4 Å². The zero-order chi connectivity index (χ0) is 20.0. The lowest BCUT2D eigenvalue weighted by molar-refractivity contribution is 0.0577. The van der Waals surface area contributed by atoms with Gasteiger partial charge in [0.2, 0.25) is 0 Å². The number of nitrogens with one attached hydrogen (secondary N) is 1. The Balaban J connectivity index is 2.08. The quantitative estimate of drug-likeness (QED) is 0.428. The summed E-state index contributed by atoms with van der Waals surface area (Å²) in [5.74, 6) is 0.471. The third-order valence-electron chi connectivity index (χ3n) is 4.29. The number of hydrogen-bond acceptors (Lipinski definition) is 3. The van der Waals surface area contributed by atoms with Crippen molar-refractivity contribution in [1.29, 1.82) is 0 Å². The summed E-state index contributed by atoms with van der Waals surface area (Å²) < 4.78 is 5.61. The van der Waals surface area contributed by atoms with Crippen molar-refractivity contribution >= 4 is 17.7 Å². The van der Waals surface area contributed by atoms with E-state index in [4.69, 9.17) is 10.5 Å². The number of benzene rings is 1. The average Bonchev–Trinajstić information content (AvgIpc) is 3.38. The summed E-state index contributed by atoms with van der Waals surface area (Å²) in [6.45, 7) is 11.2. The van der Waals surface area contributed by atoms with Crippen molar-refractivity contribution in [1.82, 2.24) is 5.32 Å². The standard InChI is InChI=1S/C21H34N4O2/c1-6-7-12-23-19(22)24-14-16-8-11-18(15(2)13-16)25(17-9-10-17)20(26)27-21(3,4)5/h8,11,13,17H,6-7,9-10,12,14H2,1-5H3,(H3,22,23,24). The molecule has 27 heavy (non-hydrogen) atoms. The molecule has 2 rings (SSSR count). The van der Waals surface area contributed by atoms with Gasteiger partial charge in [-0.25, -0.2) is 9.79 Å².